The summed E-state index contributed by atoms with van der Waals surface area (Å²) < 4.78 is 31.9. The number of carbonyl (C=O) groups is 1. The SMILES string of the molecule is NC(=O)c1ccc2c(c1)nc(-c1ccccn1)n2[C@@H]1CCC[C@H](NS(=O)(=O)c2ccc(Br)s2)C1. The Morgan fingerprint density at radius 3 is 2.74 bits per heavy atom. The fourth-order valence-electron chi connectivity index (χ4n) is 4.52. The van der Waals surface area contributed by atoms with Crippen LogP contribution in [0.5, 0.6) is 0 Å². The molecule has 0 spiro atoms. The van der Waals surface area contributed by atoms with Crippen molar-refractivity contribution in [1.82, 2.24) is 19.3 Å². The van der Waals surface area contributed by atoms with Crippen LogP contribution in [0.4, 0.5) is 0 Å². The molecule has 8 nitrogen and oxygen atoms in total. The quantitative estimate of drug-likeness (QED) is 0.360. The zero-order chi connectivity index (χ0) is 23.9. The van der Waals surface area contributed by atoms with E-state index in [2.05, 4.69) is 30.2 Å². The maximum atomic E-state index is 12.9. The number of nitrogens with one attached hydrogen (secondary N) is 1. The lowest BCUT2D eigenvalue weighted by Crippen LogP contribution is -2.38. The van der Waals surface area contributed by atoms with Gasteiger partial charge in [-0.05, 0) is 84.1 Å². The second kappa shape index (κ2) is 9.21. The largest absolute Gasteiger partial charge is 0.366 e. The Kier molecular flexibility index (Phi) is 6.28. The van der Waals surface area contributed by atoms with Gasteiger partial charge < -0.3 is 10.3 Å². The Hall–Kier alpha value is -2.60. The highest BCUT2D eigenvalue weighted by atomic mass is 79.9. The van der Waals surface area contributed by atoms with Crippen molar-refractivity contribution in [2.24, 2.45) is 5.73 Å². The van der Waals surface area contributed by atoms with E-state index in [1.54, 1.807) is 30.5 Å². The number of amides is 1. The van der Waals surface area contributed by atoms with E-state index in [0.29, 0.717) is 33.2 Å². The van der Waals surface area contributed by atoms with Gasteiger partial charge >= 0.3 is 0 Å². The highest BCUT2D eigenvalue weighted by Gasteiger charge is 2.30. The third-order valence-corrected chi connectivity index (χ3v) is 9.65. The van der Waals surface area contributed by atoms with Crippen molar-refractivity contribution in [2.45, 2.75) is 42.0 Å². The summed E-state index contributed by atoms with van der Waals surface area (Å²) in [5.74, 6) is 0.177. The van der Waals surface area contributed by atoms with Crippen LogP contribution in [-0.4, -0.2) is 34.9 Å². The van der Waals surface area contributed by atoms with E-state index in [4.69, 9.17) is 10.7 Å². The van der Waals surface area contributed by atoms with Crippen LogP contribution in [0.1, 0.15) is 42.1 Å². The van der Waals surface area contributed by atoms with Crippen molar-refractivity contribution >= 4 is 54.2 Å². The standard InChI is InChI=1S/C23H22BrN5O3S2/c24-20-9-10-21(33-20)34(31,32)28-15-4-3-5-16(13-15)29-19-8-7-14(22(25)30)12-18(19)27-23(29)17-6-1-2-11-26-17/h1-2,6-12,15-16,28H,3-5,13H2,(H2,25,30)/t15-,16+/m0/s1. The number of carbonyl (C=O) groups excluding carboxylic acids is 1. The van der Waals surface area contributed by atoms with Crippen LogP contribution in [-0.2, 0) is 10.0 Å². The molecule has 1 aliphatic carbocycles. The zero-order valence-electron chi connectivity index (χ0n) is 18.0. The fourth-order valence-corrected chi connectivity index (χ4v) is 7.83. The summed E-state index contributed by atoms with van der Waals surface area (Å²) in [6, 6.07) is 14.0. The molecule has 0 unspecified atom stereocenters. The number of rotatable bonds is 6. The molecule has 176 valence electrons. The van der Waals surface area contributed by atoms with Crippen molar-refractivity contribution in [1.29, 1.82) is 0 Å². The Morgan fingerprint density at radius 1 is 1.18 bits per heavy atom. The molecule has 1 fully saturated rings. The summed E-state index contributed by atoms with van der Waals surface area (Å²) in [4.78, 5) is 21.0. The second-order valence-corrected chi connectivity index (χ2v) is 12.7. The minimum absolute atomic E-state index is 0.0120. The average Bonchev–Trinajstić information content (AvgIpc) is 3.43. The van der Waals surface area contributed by atoms with Gasteiger partial charge in [-0.3, -0.25) is 9.78 Å². The smallest absolute Gasteiger partial charge is 0.250 e. The third-order valence-electron chi connectivity index (χ3n) is 6.01. The number of pyridine rings is 1. The molecule has 0 bridgehead atoms. The van der Waals surface area contributed by atoms with Gasteiger partial charge in [0.2, 0.25) is 15.9 Å². The van der Waals surface area contributed by atoms with Crippen LogP contribution in [0.2, 0.25) is 0 Å². The maximum absolute atomic E-state index is 12.9. The van der Waals surface area contributed by atoms with Gasteiger partial charge in [0.05, 0.1) is 14.8 Å². The first-order valence-corrected chi connectivity index (χ1v) is 13.9. The number of fused-ring (bicyclic) bond motifs is 1. The first-order chi connectivity index (χ1) is 16.3. The maximum Gasteiger partial charge on any atom is 0.250 e. The van der Waals surface area contributed by atoms with E-state index in [1.165, 1.54) is 11.3 Å². The summed E-state index contributed by atoms with van der Waals surface area (Å²) in [5.41, 5.74) is 8.10. The highest BCUT2D eigenvalue weighted by molar-refractivity contribution is 9.11. The summed E-state index contributed by atoms with van der Waals surface area (Å²) in [6.07, 6.45) is 4.84. The molecule has 11 heteroatoms. The average molecular weight is 560 g/mol. The molecule has 5 rings (SSSR count). The highest BCUT2D eigenvalue weighted by Crippen LogP contribution is 2.36. The Balaban J connectivity index is 1.52. The summed E-state index contributed by atoms with van der Waals surface area (Å²) >= 11 is 4.53. The van der Waals surface area contributed by atoms with Crippen LogP contribution in [0.3, 0.4) is 0 Å². The number of nitrogens with two attached hydrogens (primary N) is 1. The van der Waals surface area contributed by atoms with Gasteiger partial charge in [-0.25, -0.2) is 18.1 Å². The first kappa shape index (κ1) is 23.2. The molecule has 3 aromatic heterocycles. The molecule has 34 heavy (non-hydrogen) atoms. The Bertz CT molecular complexity index is 1470. The normalized spacial score (nSPS) is 18.9. The van der Waals surface area contributed by atoms with Crippen molar-refractivity contribution in [3.8, 4) is 11.5 Å². The molecular weight excluding hydrogens is 538 g/mol. The first-order valence-electron chi connectivity index (χ1n) is 10.8. The number of thiophene rings is 1. The zero-order valence-corrected chi connectivity index (χ0v) is 21.2. The predicted molar refractivity (Wildman–Crippen MR) is 135 cm³/mol. The number of hydrogen-bond acceptors (Lipinski definition) is 6. The van der Waals surface area contributed by atoms with E-state index < -0.39 is 15.9 Å². The molecule has 3 N–H and O–H groups in total. The topological polar surface area (TPSA) is 120 Å². The number of sulfonamides is 1. The minimum Gasteiger partial charge on any atom is -0.366 e. The number of aromatic nitrogens is 3. The molecule has 1 aliphatic rings. The molecule has 3 heterocycles. The predicted octanol–water partition coefficient (Wildman–Crippen LogP) is 4.48. The number of halogens is 1. The summed E-state index contributed by atoms with van der Waals surface area (Å²) in [5, 5.41) is 0. The number of hydrogen-bond donors (Lipinski definition) is 2. The van der Waals surface area contributed by atoms with Gasteiger partial charge in [-0.2, -0.15) is 0 Å². The molecule has 0 saturated heterocycles. The molecule has 1 saturated carbocycles. The molecule has 2 atom stereocenters. The van der Waals surface area contributed by atoms with Crippen molar-refractivity contribution in [2.75, 3.05) is 0 Å². The molecule has 1 amide bonds. The van der Waals surface area contributed by atoms with E-state index in [1.807, 2.05) is 24.3 Å². The third kappa shape index (κ3) is 4.52. The minimum atomic E-state index is -3.60. The van der Waals surface area contributed by atoms with Crippen molar-refractivity contribution in [3.05, 3.63) is 64.1 Å². The van der Waals surface area contributed by atoms with Crippen LogP contribution in [0.15, 0.2) is 62.7 Å². The van der Waals surface area contributed by atoms with Crippen molar-refractivity contribution in [3.63, 3.8) is 0 Å². The van der Waals surface area contributed by atoms with Gasteiger partial charge in [0.1, 0.15) is 9.90 Å². The van der Waals surface area contributed by atoms with Crippen LogP contribution >= 0.6 is 27.3 Å². The van der Waals surface area contributed by atoms with Crippen molar-refractivity contribution < 1.29 is 13.2 Å². The molecule has 4 aromatic rings. The summed E-state index contributed by atoms with van der Waals surface area (Å²) in [6.45, 7) is 0. The van der Waals surface area contributed by atoms with Gasteiger partial charge in [0.15, 0.2) is 5.82 Å². The van der Waals surface area contributed by atoms with E-state index in [9.17, 15) is 13.2 Å². The van der Waals surface area contributed by atoms with Gasteiger partial charge in [-0.1, -0.05) is 6.07 Å². The van der Waals surface area contributed by atoms with E-state index in [-0.39, 0.29) is 12.1 Å². The molecule has 1 aromatic carbocycles. The molecule has 0 aliphatic heterocycles. The molecular formula is C23H22BrN5O3S2. The second-order valence-electron chi connectivity index (χ2n) is 8.29. The fraction of sp³-hybridized carbons (Fsp3) is 0.261. The lowest BCUT2D eigenvalue weighted by Gasteiger charge is -2.31. The Labute approximate surface area is 209 Å². The van der Waals surface area contributed by atoms with E-state index >= 15 is 0 Å². The monoisotopic (exact) mass is 559 g/mol. The van der Waals surface area contributed by atoms with E-state index in [0.717, 1.165) is 28.6 Å². The van der Waals surface area contributed by atoms with Crippen LogP contribution in [0.25, 0.3) is 22.6 Å². The number of primary amides is 1. The molecule has 0 radical (unpaired) electrons. The van der Waals surface area contributed by atoms with Gasteiger partial charge in [0, 0.05) is 23.8 Å². The number of benzene rings is 1. The van der Waals surface area contributed by atoms with Crippen LogP contribution < -0.4 is 10.5 Å². The van der Waals surface area contributed by atoms with Crippen LogP contribution in [0, 0.1) is 0 Å². The number of nitrogens with zero attached hydrogens (tertiary/aromatic N) is 3. The number of imidazole rings is 1. The van der Waals surface area contributed by atoms with Gasteiger partial charge in [0.25, 0.3) is 0 Å². The summed E-state index contributed by atoms with van der Waals surface area (Å²) in [7, 11) is -3.60. The lowest BCUT2D eigenvalue weighted by molar-refractivity contribution is 0.100. The lowest BCUT2D eigenvalue weighted by atomic mass is 9.91. The van der Waals surface area contributed by atoms with Gasteiger partial charge in [-0.15, -0.1) is 11.3 Å². The Morgan fingerprint density at radius 2 is 2.03 bits per heavy atom.